The summed E-state index contributed by atoms with van der Waals surface area (Å²) in [5.74, 6) is -0.244. The van der Waals surface area contributed by atoms with Gasteiger partial charge in [0, 0.05) is 17.1 Å². The number of ether oxygens (including phenoxy) is 1. The van der Waals surface area contributed by atoms with E-state index in [0.717, 1.165) is 16.5 Å². The van der Waals surface area contributed by atoms with Crippen molar-refractivity contribution in [1.29, 1.82) is 0 Å². The highest BCUT2D eigenvalue weighted by Gasteiger charge is 2.17. The molecule has 0 aliphatic heterocycles. The summed E-state index contributed by atoms with van der Waals surface area (Å²) >= 11 is 3.35. The SMILES string of the molecule is CCOC(CC)C(N)Cc1ccc(F)cc1Br. The van der Waals surface area contributed by atoms with Gasteiger partial charge in [0.25, 0.3) is 0 Å². The molecule has 0 amide bonds. The number of benzene rings is 1. The molecule has 0 heterocycles. The molecule has 1 rings (SSSR count). The fourth-order valence-electron chi connectivity index (χ4n) is 1.83. The van der Waals surface area contributed by atoms with Crippen LogP contribution in [0.25, 0.3) is 0 Å². The molecule has 4 heteroatoms. The largest absolute Gasteiger partial charge is 0.377 e. The van der Waals surface area contributed by atoms with Crippen LogP contribution >= 0.6 is 15.9 Å². The van der Waals surface area contributed by atoms with E-state index in [-0.39, 0.29) is 18.0 Å². The fraction of sp³-hybridized carbons (Fsp3) is 0.538. The second-order valence-corrected chi connectivity index (χ2v) is 4.86. The van der Waals surface area contributed by atoms with Crippen molar-refractivity contribution < 1.29 is 9.13 Å². The van der Waals surface area contributed by atoms with Crippen molar-refractivity contribution in [1.82, 2.24) is 0 Å². The first-order chi connectivity index (χ1) is 8.08. The maximum absolute atomic E-state index is 12.9. The van der Waals surface area contributed by atoms with Gasteiger partial charge in [-0.3, -0.25) is 0 Å². The zero-order valence-electron chi connectivity index (χ0n) is 10.2. The van der Waals surface area contributed by atoms with Crippen molar-refractivity contribution in [3.8, 4) is 0 Å². The van der Waals surface area contributed by atoms with Crippen LogP contribution in [0.1, 0.15) is 25.8 Å². The van der Waals surface area contributed by atoms with Crippen LogP contribution in [0, 0.1) is 5.82 Å². The Balaban J connectivity index is 2.69. The minimum atomic E-state index is -0.244. The Labute approximate surface area is 110 Å². The fourth-order valence-corrected chi connectivity index (χ4v) is 2.34. The average molecular weight is 304 g/mol. The van der Waals surface area contributed by atoms with E-state index in [1.54, 1.807) is 6.07 Å². The van der Waals surface area contributed by atoms with Crippen molar-refractivity contribution in [2.45, 2.75) is 38.8 Å². The van der Waals surface area contributed by atoms with E-state index in [1.807, 2.05) is 6.92 Å². The average Bonchev–Trinajstić information content (AvgIpc) is 2.29. The van der Waals surface area contributed by atoms with Gasteiger partial charge in [0.2, 0.25) is 0 Å². The van der Waals surface area contributed by atoms with Crippen LogP contribution in [-0.2, 0) is 11.2 Å². The molecular weight excluding hydrogens is 285 g/mol. The molecule has 2 unspecified atom stereocenters. The molecule has 1 aromatic rings. The van der Waals surface area contributed by atoms with Crippen LogP contribution in [0.4, 0.5) is 4.39 Å². The van der Waals surface area contributed by atoms with E-state index in [9.17, 15) is 4.39 Å². The highest BCUT2D eigenvalue weighted by atomic mass is 79.9. The van der Waals surface area contributed by atoms with Gasteiger partial charge in [-0.05, 0) is 37.5 Å². The summed E-state index contributed by atoms with van der Waals surface area (Å²) in [5.41, 5.74) is 7.13. The Kier molecular flexibility index (Phi) is 6.09. The molecule has 2 nitrogen and oxygen atoms in total. The van der Waals surface area contributed by atoms with Crippen molar-refractivity contribution in [3.05, 3.63) is 34.1 Å². The van der Waals surface area contributed by atoms with Crippen LogP contribution in [0.15, 0.2) is 22.7 Å². The molecule has 0 radical (unpaired) electrons. The Hall–Kier alpha value is -0.450. The highest BCUT2D eigenvalue weighted by Crippen LogP contribution is 2.20. The molecule has 0 aromatic heterocycles. The van der Waals surface area contributed by atoms with E-state index in [2.05, 4.69) is 22.9 Å². The minimum Gasteiger partial charge on any atom is -0.377 e. The van der Waals surface area contributed by atoms with Gasteiger partial charge in [-0.2, -0.15) is 0 Å². The van der Waals surface area contributed by atoms with Gasteiger partial charge in [0.05, 0.1) is 6.10 Å². The Morgan fingerprint density at radius 3 is 2.65 bits per heavy atom. The molecule has 0 fully saturated rings. The maximum atomic E-state index is 12.9. The molecule has 0 bridgehead atoms. The number of nitrogens with two attached hydrogens (primary N) is 1. The van der Waals surface area contributed by atoms with Gasteiger partial charge < -0.3 is 10.5 Å². The van der Waals surface area contributed by atoms with Crippen molar-refractivity contribution in [2.75, 3.05) is 6.61 Å². The molecule has 17 heavy (non-hydrogen) atoms. The summed E-state index contributed by atoms with van der Waals surface area (Å²) in [6, 6.07) is 4.61. The third-order valence-corrected chi connectivity index (χ3v) is 3.47. The quantitative estimate of drug-likeness (QED) is 0.875. The standard InChI is InChI=1S/C13H19BrFNO/c1-3-13(17-4-2)12(16)7-9-5-6-10(15)8-11(9)14/h5-6,8,12-13H,3-4,7,16H2,1-2H3. The van der Waals surface area contributed by atoms with Gasteiger partial charge >= 0.3 is 0 Å². The van der Waals surface area contributed by atoms with Gasteiger partial charge in [0.15, 0.2) is 0 Å². The number of hydrogen-bond acceptors (Lipinski definition) is 2. The molecule has 0 saturated heterocycles. The van der Waals surface area contributed by atoms with Crippen molar-refractivity contribution >= 4 is 15.9 Å². The van der Waals surface area contributed by atoms with E-state index < -0.39 is 0 Å². The number of rotatable bonds is 6. The van der Waals surface area contributed by atoms with E-state index in [0.29, 0.717) is 13.0 Å². The molecular formula is C13H19BrFNO. The lowest BCUT2D eigenvalue weighted by Crippen LogP contribution is -2.38. The lowest BCUT2D eigenvalue weighted by molar-refractivity contribution is 0.0417. The lowest BCUT2D eigenvalue weighted by atomic mass is 10.0. The molecule has 0 aliphatic rings. The number of halogens is 2. The maximum Gasteiger partial charge on any atom is 0.124 e. The predicted octanol–water partition coefficient (Wildman–Crippen LogP) is 3.27. The molecule has 2 atom stereocenters. The highest BCUT2D eigenvalue weighted by molar-refractivity contribution is 9.10. The van der Waals surface area contributed by atoms with E-state index in [4.69, 9.17) is 10.5 Å². The summed E-state index contributed by atoms with van der Waals surface area (Å²) in [6.45, 7) is 4.68. The van der Waals surface area contributed by atoms with Crippen LogP contribution in [-0.4, -0.2) is 18.8 Å². The summed E-state index contributed by atoms with van der Waals surface area (Å²) < 4.78 is 19.3. The first-order valence-corrected chi connectivity index (χ1v) is 6.68. The Bertz CT molecular complexity index is 359. The predicted molar refractivity (Wildman–Crippen MR) is 71.5 cm³/mol. The van der Waals surface area contributed by atoms with Crippen LogP contribution in [0.2, 0.25) is 0 Å². The summed E-state index contributed by atoms with van der Waals surface area (Å²) in [6.07, 6.45) is 1.62. The van der Waals surface area contributed by atoms with E-state index >= 15 is 0 Å². The molecule has 2 N–H and O–H groups in total. The molecule has 0 spiro atoms. The Morgan fingerprint density at radius 2 is 2.12 bits per heavy atom. The monoisotopic (exact) mass is 303 g/mol. The smallest absolute Gasteiger partial charge is 0.124 e. The molecule has 0 aliphatic carbocycles. The topological polar surface area (TPSA) is 35.2 Å². The zero-order valence-corrected chi connectivity index (χ0v) is 11.8. The van der Waals surface area contributed by atoms with Gasteiger partial charge in [0.1, 0.15) is 5.82 Å². The Morgan fingerprint density at radius 1 is 1.41 bits per heavy atom. The molecule has 96 valence electrons. The van der Waals surface area contributed by atoms with Crippen molar-refractivity contribution in [2.24, 2.45) is 5.73 Å². The second-order valence-electron chi connectivity index (χ2n) is 4.01. The lowest BCUT2D eigenvalue weighted by Gasteiger charge is -2.23. The van der Waals surface area contributed by atoms with E-state index in [1.165, 1.54) is 12.1 Å². The van der Waals surface area contributed by atoms with Crippen LogP contribution < -0.4 is 5.73 Å². The summed E-state index contributed by atoms with van der Waals surface area (Å²) in [5, 5.41) is 0. The van der Waals surface area contributed by atoms with Gasteiger partial charge in [-0.25, -0.2) is 4.39 Å². The second kappa shape index (κ2) is 7.09. The first kappa shape index (κ1) is 14.6. The van der Waals surface area contributed by atoms with Crippen LogP contribution in [0.3, 0.4) is 0 Å². The summed E-state index contributed by atoms with van der Waals surface area (Å²) in [7, 11) is 0. The third-order valence-electron chi connectivity index (χ3n) is 2.73. The first-order valence-electron chi connectivity index (χ1n) is 5.89. The third kappa shape index (κ3) is 4.37. The van der Waals surface area contributed by atoms with Gasteiger partial charge in [-0.1, -0.05) is 28.9 Å². The van der Waals surface area contributed by atoms with Crippen molar-refractivity contribution in [3.63, 3.8) is 0 Å². The molecule has 0 saturated carbocycles. The summed E-state index contributed by atoms with van der Waals surface area (Å²) in [4.78, 5) is 0. The normalized spacial score (nSPS) is 14.6. The molecule has 1 aromatic carbocycles. The number of hydrogen-bond donors (Lipinski definition) is 1. The minimum absolute atomic E-state index is 0.0527. The van der Waals surface area contributed by atoms with Gasteiger partial charge in [-0.15, -0.1) is 0 Å². The van der Waals surface area contributed by atoms with Crippen LogP contribution in [0.5, 0.6) is 0 Å². The zero-order chi connectivity index (χ0) is 12.8.